The number of esters is 1. The predicted octanol–water partition coefficient (Wildman–Crippen LogP) is 5.19. The van der Waals surface area contributed by atoms with Gasteiger partial charge in [-0.2, -0.15) is 5.10 Å². The van der Waals surface area contributed by atoms with Gasteiger partial charge in [-0.25, -0.2) is 4.79 Å². The van der Waals surface area contributed by atoms with Gasteiger partial charge in [0.2, 0.25) is 0 Å². The van der Waals surface area contributed by atoms with E-state index in [1.54, 1.807) is 18.2 Å². The molecule has 0 N–H and O–H groups in total. The van der Waals surface area contributed by atoms with Crippen molar-refractivity contribution in [1.29, 1.82) is 0 Å². The lowest BCUT2D eigenvalue weighted by Gasteiger charge is -2.15. The van der Waals surface area contributed by atoms with Gasteiger partial charge in [0.05, 0.1) is 12.2 Å². The molecule has 1 fully saturated rings. The molecule has 1 aliphatic rings. The molecule has 176 valence electrons. The molecule has 1 aromatic heterocycles. The lowest BCUT2D eigenvalue weighted by atomic mass is 10.1. The van der Waals surface area contributed by atoms with E-state index in [1.165, 1.54) is 6.08 Å². The molecule has 0 bridgehead atoms. The van der Waals surface area contributed by atoms with E-state index in [0.717, 1.165) is 54.0 Å². The Kier molecular flexibility index (Phi) is 7.48. The van der Waals surface area contributed by atoms with Crippen LogP contribution in [0.5, 0.6) is 0 Å². The zero-order valence-corrected chi connectivity index (χ0v) is 20.2. The van der Waals surface area contributed by atoms with Crippen LogP contribution in [0.2, 0.25) is 5.02 Å². The summed E-state index contributed by atoms with van der Waals surface area (Å²) < 4.78 is 7.26. The molecular weight excluding hydrogens is 450 g/mol. The van der Waals surface area contributed by atoms with Gasteiger partial charge in [-0.3, -0.25) is 9.48 Å². The molecule has 7 heteroatoms. The summed E-state index contributed by atoms with van der Waals surface area (Å²) in [5.74, 6) is -0.375. The summed E-state index contributed by atoms with van der Waals surface area (Å²) in [6.45, 7) is 6.22. The van der Waals surface area contributed by atoms with Gasteiger partial charge in [0, 0.05) is 41.0 Å². The van der Waals surface area contributed by atoms with E-state index in [0.29, 0.717) is 17.1 Å². The van der Waals surface area contributed by atoms with Crippen LogP contribution in [0.4, 0.5) is 0 Å². The van der Waals surface area contributed by atoms with Gasteiger partial charge in [0.15, 0.2) is 0 Å². The molecule has 0 saturated carbocycles. The average Bonchev–Trinajstić information content (AvgIpc) is 3.46. The fourth-order valence-electron chi connectivity index (χ4n) is 4.09. The molecule has 0 unspecified atom stereocenters. The Hall–Kier alpha value is -3.38. The van der Waals surface area contributed by atoms with Crippen LogP contribution in [-0.2, 0) is 22.7 Å². The van der Waals surface area contributed by atoms with E-state index < -0.39 is 5.97 Å². The van der Waals surface area contributed by atoms with Crippen LogP contribution in [0, 0.1) is 13.8 Å². The summed E-state index contributed by atoms with van der Waals surface area (Å²) in [7, 11) is 0. The number of hydrogen-bond acceptors (Lipinski definition) is 4. The van der Waals surface area contributed by atoms with Gasteiger partial charge in [0.1, 0.15) is 6.61 Å². The van der Waals surface area contributed by atoms with Crippen LogP contribution in [0.15, 0.2) is 54.6 Å². The molecule has 3 aromatic rings. The maximum Gasteiger partial charge on any atom is 0.331 e. The van der Waals surface area contributed by atoms with Crippen molar-refractivity contribution >= 4 is 29.6 Å². The average molecular weight is 478 g/mol. The van der Waals surface area contributed by atoms with E-state index in [4.69, 9.17) is 16.3 Å². The van der Waals surface area contributed by atoms with Crippen molar-refractivity contribution in [2.45, 2.75) is 39.8 Å². The van der Waals surface area contributed by atoms with Gasteiger partial charge in [-0.15, -0.1) is 0 Å². The number of aryl methyl sites for hydroxylation is 1. The Morgan fingerprint density at radius 2 is 1.76 bits per heavy atom. The lowest BCUT2D eigenvalue weighted by Crippen LogP contribution is -2.27. The zero-order chi connectivity index (χ0) is 24.1. The summed E-state index contributed by atoms with van der Waals surface area (Å²) in [6.07, 6.45) is 5.28. The van der Waals surface area contributed by atoms with Crippen LogP contribution in [0.3, 0.4) is 0 Å². The van der Waals surface area contributed by atoms with Gasteiger partial charge >= 0.3 is 5.97 Å². The van der Waals surface area contributed by atoms with Crippen molar-refractivity contribution in [2.75, 3.05) is 13.1 Å². The van der Waals surface area contributed by atoms with Crippen LogP contribution in [0.25, 0.3) is 6.08 Å². The number of nitrogens with zero attached hydrogens (tertiary/aromatic N) is 3. The number of ether oxygens (including phenoxy) is 1. The van der Waals surface area contributed by atoms with Crippen molar-refractivity contribution < 1.29 is 14.3 Å². The van der Waals surface area contributed by atoms with E-state index in [2.05, 4.69) is 5.10 Å². The van der Waals surface area contributed by atoms with Gasteiger partial charge in [-0.05, 0) is 62.1 Å². The molecule has 1 saturated heterocycles. The molecule has 34 heavy (non-hydrogen) atoms. The summed E-state index contributed by atoms with van der Waals surface area (Å²) in [5.41, 5.74) is 5.13. The first-order valence-corrected chi connectivity index (χ1v) is 11.8. The monoisotopic (exact) mass is 477 g/mol. The molecule has 0 radical (unpaired) electrons. The van der Waals surface area contributed by atoms with E-state index in [9.17, 15) is 9.59 Å². The van der Waals surface area contributed by atoms with Gasteiger partial charge in [-0.1, -0.05) is 41.9 Å². The number of halogens is 1. The number of carbonyl (C=O) groups is 2. The highest BCUT2D eigenvalue weighted by atomic mass is 35.5. The number of carbonyl (C=O) groups excluding carboxylic acids is 2. The zero-order valence-electron chi connectivity index (χ0n) is 19.5. The quantitative estimate of drug-likeness (QED) is 0.347. The van der Waals surface area contributed by atoms with E-state index >= 15 is 0 Å². The second kappa shape index (κ2) is 10.7. The Bertz CT molecular complexity index is 1210. The highest BCUT2D eigenvalue weighted by Gasteiger charge is 2.19. The van der Waals surface area contributed by atoms with Gasteiger partial charge < -0.3 is 9.64 Å². The largest absolute Gasteiger partial charge is 0.458 e. The Balaban J connectivity index is 1.34. The summed E-state index contributed by atoms with van der Waals surface area (Å²) >= 11 is 6.28. The first-order chi connectivity index (χ1) is 16.4. The summed E-state index contributed by atoms with van der Waals surface area (Å²) in [4.78, 5) is 26.6. The first-order valence-electron chi connectivity index (χ1n) is 11.4. The van der Waals surface area contributed by atoms with Crippen molar-refractivity contribution in [2.24, 2.45) is 0 Å². The minimum atomic E-state index is -0.435. The normalized spacial score (nSPS) is 13.6. The van der Waals surface area contributed by atoms with Crippen molar-refractivity contribution in [3.05, 3.63) is 93.3 Å². The molecule has 6 nitrogen and oxygen atoms in total. The molecule has 2 heterocycles. The second-order valence-corrected chi connectivity index (χ2v) is 8.88. The minimum absolute atomic E-state index is 0.0600. The highest BCUT2D eigenvalue weighted by Crippen LogP contribution is 2.20. The predicted molar refractivity (Wildman–Crippen MR) is 133 cm³/mol. The maximum atomic E-state index is 12.4. The van der Waals surface area contributed by atoms with Crippen LogP contribution in [0.1, 0.15) is 51.3 Å². The van der Waals surface area contributed by atoms with Gasteiger partial charge in [0.25, 0.3) is 5.91 Å². The fraction of sp³-hybridized carbons (Fsp3) is 0.296. The summed E-state index contributed by atoms with van der Waals surface area (Å²) in [6, 6.07) is 14.9. The van der Waals surface area contributed by atoms with Crippen molar-refractivity contribution in [3.63, 3.8) is 0 Å². The maximum absolute atomic E-state index is 12.4. The highest BCUT2D eigenvalue weighted by molar-refractivity contribution is 6.31. The van der Waals surface area contributed by atoms with E-state index in [1.807, 2.05) is 59.8 Å². The molecule has 1 amide bonds. The molecule has 1 aliphatic heterocycles. The third-order valence-electron chi connectivity index (χ3n) is 6.08. The molecule has 0 spiro atoms. The number of likely N-dealkylation sites (tertiary alicyclic amines) is 1. The number of benzene rings is 2. The molecule has 2 aromatic carbocycles. The SMILES string of the molecule is Cc1nn(Cc2ccccc2Cl)c(C)c1/C=C/C(=O)OCc1ccc(C(=O)N2CCCC2)cc1. The standard InChI is InChI=1S/C27H28ClN3O3/c1-19-24(20(2)31(29-19)17-23-7-3-4-8-25(23)28)13-14-26(32)34-18-21-9-11-22(12-10-21)27(33)30-15-5-6-16-30/h3-4,7-14H,5-6,15-18H2,1-2H3/b14-13+. The van der Waals surface area contributed by atoms with Crippen LogP contribution in [-0.4, -0.2) is 39.6 Å². The number of hydrogen-bond donors (Lipinski definition) is 0. The Labute approximate surface area is 204 Å². The van der Waals surface area contributed by atoms with Crippen molar-refractivity contribution in [3.8, 4) is 0 Å². The molecular formula is C27H28ClN3O3. The smallest absolute Gasteiger partial charge is 0.331 e. The molecule has 0 aliphatic carbocycles. The number of aromatic nitrogens is 2. The fourth-order valence-corrected chi connectivity index (χ4v) is 4.29. The van der Waals surface area contributed by atoms with Crippen molar-refractivity contribution in [1.82, 2.24) is 14.7 Å². The van der Waals surface area contributed by atoms with Crippen LogP contribution >= 0.6 is 11.6 Å². The minimum Gasteiger partial charge on any atom is -0.458 e. The Morgan fingerprint density at radius 1 is 1.06 bits per heavy atom. The first kappa shape index (κ1) is 23.8. The third-order valence-corrected chi connectivity index (χ3v) is 6.45. The number of rotatable bonds is 7. The molecule has 0 atom stereocenters. The third kappa shape index (κ3) is 5.57. The molecule has 4 rings (SSSR count). The number of amides is 1. The van der Waals surface area contributed by atoms with E-state index in [-0.39, 0.29) is 12.5 Å². The summed E-state index contributed by atoms with van der Waals surface area (Å²) in [5, 5.41) is 5.29. The Morgan fingerprint density at radius 3 is 2.47 bits per heavy atom. The second-order valence-electron chi connectivity index (χ2n) is 8.47. The topological polar surface area (TPSA) is 64.4 Å². The lowest BCUT2D eigenvalue weighted by molar-refractivity contribution is -0.138. The van der Waals surface area contributed by atoms with Crippen LogP contribution < -0.4 is 0 Å².